The first-order valence-electron chi connectivity index (χ1n) is 8.04. The summed E-state index contributed by atoms with van der Waals surface area (Å²) in [6.07, 6.45) is 3.91. The Bertz CT molecular complexity index is 564. The third-order valence-electron chi connectivity index (χ3n) is 4.72. The molecular weight excluding hydrogens is 274 g/mol. The van der Waals surface area contributed by atoms with E-state index in [0.29, 0.717) is 23.9 Å². The second-order valence-corrected chi connectivity index (χ2v) is 6.61. The van der Waals surface area contributed by atoms with E-state index in [2.05, 4.69) is 18.3 Å². The van der Waals surface area contributed by atoms with Crippen LogP contribution >= 0.6 is 0 Å². The van der Waals surface area contributed by atoms with E-state index in [1.807, 2.05) is 31.2 Å². The first kappa shape index (κ1) is 16.4. The van der Waals surface area contributed by atoms with Gasteiger partial charge in [0.15, 0.2) is 0 Å². The molecule has 0 bridgehead atoms. The number of carbonyl (C=O) groups excluding carboxylic acids is 1. The number of nitriles is 1. The van der Waals surface area contributed by atoms with E-state index in [1.54, 1.807) is 0 Å². The number of nitrogen functional groups attached to an aromatic ring is 1. The molecule has 1 aromatic rings. The molecule has 1 fully saturated rings. The fourth-order valence-corrected chi connectivity index (χ4v) is 3.31. The van der Waals surface area contributed by atoms with Crippen molar-refractivity contribution in [2.75, 3.05) is 5.73 Å². The van der Waals surface area contributed by atoms with Crippen LogP contribution in [-0.2, 0) is 11.2 Å². The Balaban J connectivity index is 1.92. The van der Waals surface area contributed by atoms with Crippen LogP contribution < -0.4 is 11.1 Å². The van der Waals surface area contributed by atoms with Crippen molar-refractivity contribution >= 4 is 11.6 Å². The monoisotopic (exact) mass is 299 g/mol. The van der Waals surface area contributed by atoms with E-state index in [9.17, 15) is 10.1 Å². The van der Waals surface area contributed by atoms with Gasteiger partial charge < -0.3 is 11.1 Å². The molecule has 22 heavy (non-hydrogen) atoms. The fraction of sp³-hybridized carbons (Fsp3) is 0.556. The van der Waals surface area contributed by atoms with Crippen LogP contribution in [0.25, 0.3) is 0 Å². The molecule has 0 aliphatic heterocycles. The predicted molar refractivity (Wildman–Crippen MR) is 87.8 cm³/mol. The van der Waals surface area contributed by atoms with Crippen LogP contribution in [0.2, 0.25) is 0 Å². The highest BCUT2D eigenvalue weighted by atomic mass is 16.1. The maximum Gasteiger partial charge on any atom is 0.224 e. The molecular formula is C18H25N3O. The molecule has 2 rings (SSSR count). The van der Waals surface area contributed by atoms with Gasteiger partial charge in [-0.05, 0) is 42.4 Å². The predicted octanol–water partition coefficient (Wildman–Crippen LogP) is 2.89. The minimum Gasteiger partial charge on any atom is -0.399 e. The van der Waals surface area contributed by atoms with Crippen molar-refractivity contribution in [3.05, 3.63) is 29.8 Å². The number of nitrogens with one attached hydrogen (secondary N) is 1. The fourth-order valence-electron chi connectivity index (χ4n) is 3.31. The summed E-state index contributed by atoms with van der Waals surface area (Å²) in [5.41, 5.74) is 7.39. The molecule has 0 saturated heterocycles. The molecule has 1 aliphatic rings. The molecule has 4 heteroatoms. The second kappa shape index (κ2) is 7.31. The van der Waals surface area contributed by atoms with Crippen LogP contribution in [0.1, 0.15) is 38.7 Å². The van der Waals surface area contributed by atoms with Crippen LogP contribution in [0.15, 0.2) is 24.3 Å². The molecule has 3 N–H and O–H groups in total. The maximum atomic E-state index is 12.4. The molecule has 1 saturated carbocycles. The summed E-state index contributed by atoms with van der Waals surface area (Å²) in [6, 6.07) is 9.13. The summed E-state index contributed by atoms with van der Waals surface area (Å²) in [7, 11) is 0. The van der Waals surface area contributed by atoms with Crippen LogP contribution in [0.3, 0.4) is 0 Å². The molecule has 4 nitrogen and oxygen atoms in total. The van der Waals surface area contributed by atoms with Crippen LogP contribution in [0.4, 0.5) is 5.69 Å². The maximum absolute atomic E-state index is 12.4. The normalized spacial score (nSPS) is 23.5. The Labute approximate surface area is 132 Å². The van der Waals surface area contributed by atoms with Gasteiger partial charge in [-0.15, -0.1) is 0 Å². The lowest BCUT2D eigenvalue weighted by atomic mass is 9.90. The molecule has 1 aromatic carbocycles. The van der Waals surface area contributed by atoms with Crippen LogP contribution in [0.5, 0.6) is 0 Å². The second-order valence-electron chi connectivity index (χ2n) is 6.61. The van der Waals surface area contributed by atoms with Gasteiger partial charge in [-0.2, -0.15) is 5.26 Å². The molecule has 0 spiro atoms. The van der Waals surface area contributed by atoms with Crippen molar-refractivity contribution in [3.63, 3.8) is 0 Å². The van der Waals surface area contributed by atoms with E-state index >= 15 is 0 Å². The standard InChI is InChI=1S/C18H25N3O/c1-12-6-7-15(8-12)13(2)18(22)21-17(11-19)10-14-4-3-5-16(20)9-14/h3-5,9,12-13,15,17H,6-8,10,20H2,1-2H3,(H,21,22). The Morgan fingerprint density at radius 2 is 2.27 bits per heavy atom. The number of rotatable bonds is 5. The Kier molecular flexibility index (Phi) is 5.43. The molecule has 0 heterocycles. The summed E-state index contributed by atoms with van der Waals surface area (Å²) in [5.74, 6) is 1.12. The summed E-state index contributed by atoms with van der Waals surface area (Å²) in [4.78, 5) is 12.4. The largest absolute Gasteiger partial charge is 0.399 e. The lowest BCUT2D eigenvalue weighted by Gasteiger charge is -2.20. The van der Waals surface area contributed by atoms with Gasteiger partial charge in [-0.25, -0.2) is 0 Å². The van der Waals surface area contributed by atoms with Gasteiger partial charge in [-0.1, -0.05) is 32.4 Å². The number of nitrogens with zero attached hydrogens (tertiary/aromatic N) is 1. The SMILES string of the molecule is CC1CCC(C(C)C(=O)NC(C#N)Cc2cccc(N)c2)C1. The summed E-state index contributed by atoms with van der Waals surface area (Å²) in [5, 5.41) is 12.2. The summed E-state index contributed by atoms with van der Waals surface area (Å²) >= 11 is 0. The van der Waals surface area contributed by atoms with Crippen molar-refractivity contribution < 1.29 is 4.79 Å². The van der Waals surface area contributed by atoms with E-state index < -0.39 is 6.04 Å². The van der Waals surface area contributed by atoms with E-state index in [4.69, 9.17) is 5.73 Å². The quantitative estimate of drug-likeness (QED) is 0.820. The van der Waals surface area contributed by atoms with Gasteiger partial charge in [-0.3, -0.25) is 4.79 Å². The highest BCUT2D eigenvalue weighted by Crippen LogP contribution is 2.35. The van der Waals surface area contributed by atoms with Gasteiger partial charge in [0.2, 0.25) is 5.91 Å². The molecule has 1 aliphatic carbocycles. The third kappa shape index (κ3) is 4.24. The Hall–Kier alpha value is -2.02. The van der Waals surface area contributed by atoms with Crippen LogP contribution in [0, 0.1) is 29.1 Å². The van der Waals surface area contributed by atoms with Crippen molar-refractivity contribution in [2.45, 2.75) is 45.6 Å². The van der Waals surface area contributed by atoms with E-state index in [-0.39, 0.29) is 11.8 Å². The van der Waals surface area contributed by atoms with Crippen molar-refractivity contribution in [1.29, 1.82) is 5.26 Å². The van der Waals surface area contributed by atoms with Gasteiger partial charge in [0.25, 0.3) is 0 Å². The lowest BCUT2D eigenvalue weighted by Crippen LogP contribution is -2.40. The molecule has 0 radical (unpaired) electrons. The summed E-state index contributed by atoms with van der Waals surface area (Å²) in [6.45, 7) is 4.22. The number of nitrogens with two attached hydrogens (primary N) is 1. The average Bonchev–Trinajstić information content (AvgIpc) is 2.92. The first-order chi connectivity index (χ1) is 10.5. The summed E-state index contributed by atoms with van der Waals surface area (Å²) < 4.78 is 0. The zero-order valence-corrected chi connectivity index (χ0v) is 13.4. The minimum absolute atomic E-state index is 0.00504. The first-order valence-corrected chi connectivity index (χ1v) is 8.04. The number of amides is 1. The zero-order chi connectivity index (χ0) is 16.1. The van der Waals surface area contributed by atoms with Crippen LogP contribution in [-0.4, -0.2) is 11.9 Å². The number of hydrogen-bond donors (Lipinski definition) is 2. The highest BCUT2D eigenvalue weighted by Gasteiger charge is 2.31. The Morgan fingerprint density at radius 1 is 1.50 bits per heavy atom. The van der Waals surface area contributed by atoms with Gasteiger partial charge in [0, 0.05) is 18.0 Å². The van der Waals surface area contributed by atoms with Gasteiger partial charge in [0.1, 0.15) is 6.04 Å². The Morgan fingerprint density at radius 3 is 2.86 bits per heavy atom. The van der Waals surface area contributed by atoms with Gasteiger partial charge >= 0.3 is 0 Å². The number of benzene rings is 1. The number of hydrogen-bond acceptors (Lipinski definition) is 3. The lowest BCUT2D eigenvalue weighted by molar-refractivity contribution is -0.126. The van der Waals surface area contributed by atoms with Gasteiger partial charge in [0.05, 0.1) is 6.07 Å². The van der Waals surface area contributed by atoms with E-state index in [1.165, 1.54) is 6.42 Å². The zero-order valence-electron chi connectivity index (χ0n) is 13.4. The molecule has 1 amide bonds. The average molecular weight is 299 g/mol. The molecule has 4 atom stereocenters. The smallest absolute Gasteiger partial charge is 0.224 e. The van der Waals surface area contributed by atoms with E-state index in [0.717, 1.165) is 18.4 Å². The number of carbonyl (C=O) groups is 1. The molecule has 4 unspecified atom stereocenters. The third-order valence-corrected chi connectivity index (χ3v) is 4.72. The molecule has 0 aromatic heterocycles. The topological polar surface area (TPSA) is 78.9 Å². The molecule has 118 valence electrons. The van der Waals surface area contributed by atoms with Crippen molar-refractivity contribution in [2.24, 2.45) is 17.8 Å². The highest BCUT2D eigenvalue weighted by molar-refractivity contribution is 5.79. The van der Waals surface area contributed by atoms with Crippen molar-refractivity contribution in [3.8, 4) is 6.07 Å². The number of anilines is 1. The van der Waals surface area contributed by atoms with Crippen molar-refractivity contribution in [1.82, 2.24) is 5.32 Å². The minimum atomic E-state index is -0.504.